The molecule has 0 saturated heterocycles. The summed E-state index contributed by atoms with van der Waals surface area (Å²) < 4.78 is 0. The van der Waals surface area contributed by atoms with Gasteiger partial charge < -0.3 is 0 Å². The summed E-state index contributed by atoms with van der Waals surface area (Å²) in [6.07, 6.45) is 3.39. The number of carbonyl (C=O) groups is 1. The number of nitrogens with zero attached hydrogens (tertiary/aromatic N) is 4. The Kier molecular flexibility index (Phi) is 3.97. The van der Waals surface area contributed by atoms with Crippen LogP contribution in [0.5, 0.6) is 0 Å². The van der Waals surface area contributed by atoms with E-state index in [-0.39, 0.29) is 12.3 Å². The van der Waals surface area contributed by atoms with Gasteiger partial charge in [-0.25, -0.2) is 4.98 Å². The van der Waals surface area contributed by atoms with Gasteiger partial charge in [0.2, 0.25) is 0 Å². The molecule has 0 aliphatic carbocycles. The van der Waals surface area contributed by atoms with Gasteiger partial charge in [0, 0.05) is 16.7 Å². The summed E-state index contributed by atoms with van der Waals surface area (Å²) in [5.41, 5.74) is 8.50. The number of hydrogen-bond donors (Lipinski definition) is 0. The van der Waals surface area contributed by atoms with Gasteiger partial charge in [-0.05, 0) is 23.9 Å². The number of rotatable bonds is 4. The largest absolute Gasteiger partial charge is 0.294 e. The number of hydrogen-bond acceptors (Lipinski definition) is 4. The molecule has 72 valence electrons. The minimum Gasteiger partial charge on any atom is -0.294 e. The van der Waals surface area contributed by atoms with E-state index < -0.39 is 0 Å². The highest BCUT2D eigenvalue weighted by Gasteiger charge is 2.04. The van der Waals surface area contributed by atoms with E-state index >= 15 is 0 Å². The van der Waals surface area contributed by atoms with Gasteiger partial charge in [-0.2, -0.15) is 0 Å². The second kappa shape index (κ2) is 5.26. The van der Waals surface area contributed by atoms with Crippen molar-refractivity contribution in [2.75, 3.05) is 12.8 Å². The molecule has 1 rings (SSSR count). The van der Waals surface area contributed by atoms with Crippen molar-refractivity contribution in [2.24, 2.45) is 5.11 Å². The van der Waals surface area contributed by atoms with Crippen LogP contribution in [0.3, 0.4) is 0 Å². The summed E-state index contributed by atoms with van der Waals surface area (Å²) >= 11 is 1.50. The Bertz CT molecular complexity index is 369. The molecule has 1 aromatic rings. The molecule has 1 heterocycles. The quantitative estimate of drug-likeness (QED) is 0.250. The minimum absolute atomic E-state index is 0.156. The van der Waals surface area contributed by atoms with Crippen molar-refractivity contribution in [1.29, 1.82) is 0 Å². The maximum Gasteiger partial charge on any atom is 0.170 e. The smallest absolute Gasteiger partial charge is 0.170 e. The first-order chi connectivity index (χ1) is 6.77. The van der Waals surface area contributed by atoms with Crippen molar-refractivity contribution < 1.29 is 4.79 Å². The fraction of sp³-hybridized carbons (Fsp3) is 0.250. The first-order valence-electron chi connectivity index (χ1n) is 3.82. The molecule has 1 aromatic heterocycles. The molecule has 0 atom stereocenters. The zero-order chi connectivity index (χ0) is 10.4. The van der Waals surface area contributed by atoms with Gasteiger partial charge in [0.15, 0.2) is 5.78 Å². The molecule has 0 aliphatic rings. The zero-order valence-electron chi connectivity index (χ0n) is 7.54. The number of thioether (sulfide) groups is 1. The predicted octanol–water partition coefficient (Wildman–Crippen LogP) is 2.30. The van der Waals surface area contributed by atoms with Crippen LogP contribution in [0.2, 0.25) is 0 Å². The number of pyridine rings is 1. The number of Topliss-reactive ketones (excluding diaryl/α,β-unsaturated/α-hetero) is 1. The molecule has 0 unspecified atom stereocenters. The van der Waals surface area contributed by atoms with Crippen LogP contribution in [0.4, 0.5) is 0 Å². The lowest BCUT2D eigenvalue weighted by Crippen LogP contribution is -2.02. The van der Waals surface area contributed by atoms with E-state index in [0.29, 0.717) is 5.56 Å². The highest BCUT2D eigenvalue weighted by Crippen LogP contribution is 2.11. The molecule has 0 saturated carbocycles. The van der Waals surface area contributed by atoms with E-state index in [1.165, 1.54) is 18.0 Å². The van der Waals surface area contributed by atoms with Crippen LogP contribution < -0.4 is 0 Å². The van der Waals surface area contributed by atoms with Gasteiger partial charge in [0.05, 0.1) is 11.6 Å². The Morgan fingerprint density at radius 3 is 3.00 bits per heavy atom. The predicted molar refractivity (Wildman–Crippen MR) is 54.4 cm³/mol. The van der Waals surface area contributed by atoms with Crippen LogP contribution in [-0.4, -0.2) is 23.6 Å². The Morgan fingerprint density at radius 1 is 1.71 bits per heavy atom. The summed E-state index contributed by atoms with van der Waals surface area (Å²) in [6, 6.07) is 3.43. The number of azide groups is 1. The van der Waals surface area contributed by atoms with Crippen LogP contribution in [0.25, 0.3) is 10.4 Å². The van der Waals surface area contributed by atoms with Crippen molar-refractivity contribution >= 4 is 17.5 Å². The van der Waals surface area contributed by atoms with Gasteiger partial charge in [-0.15, -0.1) is 11.8 Å². The molecule has 0 amide bonds. The van der Waals surface area contributed by atoms with Gasteiger partial charge in [-0.1, -0.05) is 5.11 Å². The normalized spacial score (nSPS) is 9.21. The van der Waals surface area contributed by atoms with Crippen molar-refractivity contribution in [3.05, 3.63) is 34.3 Å². The molecule has 0 radical (unpaired) electrons. The van der Waals surface area contributed by atoms with Gasteiger partial charge in [0.1, 0.15) is 0 Å². The second-order valence-electron chi connectivity index (χ2n) is 2.40. The Morgan fingerprint density at radius 2 is 2.50 bits per heavy atom. The third kappa shape index (κ3) is 2.76. The zero-order valence-corrected chi connectivity index (χ0v) is 8.36. The van der Waals surface area contributed by atoms with Gasteiger partial charge in [0.25, 0.3) is 0 Å². The average Bonchev–Trinajstić information content (AvgIpc) is 2.26. The first kappa shape index (κ1) is 10.6. The van der Waals surface area contributed by atoms with E-state index in [1.807, 2.05) is 6.26 Å². The third-order valence-corrected chi connectivity index (χ3v) is 2.20. The number of aromatic nitrogens is 1. The molecule has 14 heavy (non-hydrogen) atoms. The summed E-state index contributed by atoms with van der Waals surface area (Å²) in [7, 11) is 0. The molecule has 0 fully saturated rings. The first-order valence-corrected chi connectivity index (χ1v) is 5.04. The lowest BCUT2D eigenvalue weighted by molar-refractivity contribution is 0.100. The van der Waals surface area contributed by atoms with Crippen LogP contribution in [0, 0.1) is 0 Å². The SMILES string of the molecule is CSc1ccc(C(=O)CN=[N+]=[N-])cn1. The van der Waals surface area contributed by atoms with Crippen molar-refractivity contribution in [1.82, 2.24) is 4.98 Å². The number of ketones is 1. The molecule has 0 spiro atoms. The molecule has 6 heteroatoms. The van der Waals surface area contributed by atoms with Gasteiger partial charge >= 0.3 is 0 Å². The average molecular weight is 208 g/mol. The van der Waals surface area contributed by atoms with Crippen LogP contribution in [-0.2, 0) is 0 Å². The molecule has 0 aliphatic heterocycles. The molecule has 0 N–H and O–H groups in total. The van der Waals surface area contributed by atoms with Gasteiger partial charge in [-0.3, -0.25) is 4.79 Å². The number of carbonyl (C=O) groups excluding carboxylic acids is 1. The standard InChI is InChI=1S/C8H8N4OS/c1-14-8-3-2-6(4-10-8)7(13)5-11-12-9/h2-4H,5H2,1H3. The van der Waals surface area contributed by atoms with E-state index in [1.54, 1.807) is 12.1 Å². The topological polar surface area (TPSA) is 78.7 Å². The Labute approximate surface area is 85.2 Å². The molecule has 0 bridgehead atoms. The van der Waals surface area contributed by atoms with Crippen LogP contribution >= 0.6 is 11.8 Å². The van der Waals surface area contributed by atoms with Crippen molar-refractivity contribution in [3.63, 3.8) is 0 Å². The Hall–Kier alpha value is -1.52. The van der Waals surface area contributed by atoms with E-state index in [2.05, 4.69) is 15.0 Å². The summed E-state index contributed by atoms with van der Waals surface area (Å²) in [6.45, 7) is -0.156. The molecule has 5 nitrogen and oxygen atoms in total. The van der Waals surface area contributed by atoms with Crippen molar-refractivity contribution in [3.8, 4) is 0 Å². The van der Waals surface area contributed by atoms with Crippen LogP contribution in [0.1, 0.15) is 10.4 Å². The lowest BCUT2D eigenvalue weighted by Gasteiger charge is -1.97. The van der Waals surface area contributed by atoms with E-state index in [4.69, 9.17) is 5.53 Å². The summed E-state index contributed by atoms with van der Waals surface area (Å²) in [5.74, 6) is -0.219. The fourth-order valence-corrected chi connectivity index (χ4v) is 1.22. The summed E-state index contributed by atoms with van der Waals surface area (Å²) in [4.78, 5) is 17.8. The van der Waals surface area contributed by atoms with E-state index in [9.17, 15) is 4.79 Å². The molecular weight excluding hydrogens is 200 g/mol. The maximum absolute atomic E-state index is 11.3. The third-order valence-electron chi connectivity index (χ3n) is 1.55. The second-order valence-corrected chi connectivity index (χ2v) is 3.23. The Balaban J connectivity index is 2.76. The highest BCUT2D eigenvalue weighted by molar-refractivity contribution is 7.98. The maximum atomic E-state index is 11.3. The van der Waals surface area contributed by atoms with Crippen LogP contribution in [0.15, 0.2) is 28.5 Å². The molecular formula is C8H8N4OS. The van der Waals surface area contributed by atoms with E-state index in [0.717, 1.165) is 5.03 Å². The monoisotopic (exact) mass is 208 g/mol. The minimum atomic E-state index is -0.219. The van der Waals surface area contributed by atoms with Crippen molar-refractivity contribution in [2.45, 2.75) is 5.03 Å². The fourth-order valence-electron chi connectivity index (χ4n) is 0.853. The lowest BCUT2D eigenvalue weighted by atomic mass is 10.2. The molecule has 0 aromatic carbocycles. The highest BCUT2D eigenvalue weighted by atomic mass is 32.2. The summed E-state index contributed by atoms with van der Waals surface area (Å²) in [5, 5.41) is 4.04.